The van der Waals surface area contributed by atoms with Crippen molar-refractivity contribution in [3.8, 4) is 0 Å². The normalized spacial score (nSPS) is 16.5. The number of nitrogens with zero attached hydrogens (tertiary/aromatic N) is 1. The van der Waals surface area contributed by atoms with Crippen LogP contribution in [0.1, 0.15) is 20.3 Å². The Bertz CT molecular complexity index is 464. The summed E-state index contributed by atoms with van der Waals surface area (Å²) in [7, 11) is 0. The largest absolute Gasteiger partial charge is 0.358 e. The molecule has 1 aliphatic heterocycles. The van der Waals surface area contributed by atoms with E-state index in [0.717, 1.165) is 6.42 Å². The molecule has 0 aliphatic carbocycles. The molecule has 1 aromatic rings. The van der Waals surface area contributed by atoms with E-state index in [2.05, 4.69) is 5.32 Å². The van der Waals surface area contributed by atoms with Crippen molar-refractivity contribution in [1.82, 2.24) is 0 Å². The topological polar surface area (TPSA) is 32.3 Å². The van der Waals surface area contributed by atoms with Gasteiger partial charge in [-0.05, 0) is 19.4 Å². The fourth-order valence-corrected chi connectivity index (χ4v) is 2.08. The van der Waals surface area contributed by atoms with Crippen molar-refractivity contribution in [1.29, 1.82) is 0 Å². The summed E-state index contributed by atoms with van der Waals surface area (Å²) in [6.07, 6.45) is 0.886. The molecule has 0 aromatic heterocycles. The van der Waals surface area contributed by atoms with Crippen LogP contribution in [0.15, 0.2) is 12.1 Å². The molecule has 1 heterocycles. The molecular formula is C12H14ClFN2O. The number of hydrogen-bond donors (Lipinski definition) is 1. The Morgan fingerprint density at radius 3 is 2.94 bits per heavy atom. The van der Waals surface area contributed by atoms with E-state index in [1.165, 1.54) is 12.1 Å². The highest BCUT2D eigenvalue weighted by Gasteiger charge is 2.26. The highest BCUT2D eigenvalue weighted by Crippen LogP contribution is 2.35. The van der Waals surface area contributed by atoms with Crippen molar-refractivity contribution < 1.29 is 9.18 Å². The third-order valence-corrected chi connectivity index (χ3v) is 3.35. The van der Waals surface area contributed by atoms with Crippen LogP contribution in [0.4, 0.5) is 15.8 Å². The summed E-state index contributed by atoms with van der Waals surface area (Å²) in [6.45, 7) is 4.29. The van der Waals surface area contributed by atoms with Crippen LogP contribution in [0.2, 0.25) is 5.02 Å². The molecule has 3 nitrogen and oxygen atoms in total. The van der Waals surface area contributed by atoms with Gasteiger partial charge >= 0.3 is 0 Å². The van der Waals surface area contributed by atoms with Crippen molar-refractivity contribution in [2.45, 2.75) is 26.3 Å². The van der Waals surface area contributed by atoms with Crippen LogP contribution < -0.4 is 10.2 Å². The molecule has 0 fully saturated rings. The van der Waals surface area contributed by atoms with Crippen LogP contribution in [0.25, 0.3) is 0 Å². The number of carbonyl (C=O) groups excluding carboxylic acids is 1. The molecule has 0 radical (unpaired) electrons. The number of nitrogens with one attached hydrogen (secondary N) is 1. The van der Waals surface area contributed by atoms with E-state index in [4.69, 9.17) is 11.6 Å². The predicted molar refractivity (Wildman–Crippen MR) is 67.1 cm³/mol. The third kappa shape index (κ3) is 2.22. The molecular weight excluding hydrogens is 243 g/mol. The molecule has 2 rings (SSSR count). The Morgan fingerprint density at radius 1 is 1.59 bits per heavy atom. The molecule has 1 N–H and O–H groups in total. The summed E-state index contributed by atoms with van der Waals surface area (Å²) in [5, 5.41) is 2.73. The molecule has 17 heavy (non-hydrogen) atoms. The van der Waals surface area contributed by atoms with Gasteiger partial charge in [0.25, 0.3) is 0 Å². The summed E-state index contributed by atoms with van der Waals surface area (Å²) in [5.41, 5.74) is 1.27. The first kappa shape index (κ1) is 12.2. The zero-order valence-corrected chi connectivity index (χ0v) is 10.5. The van der Waals surface area contributed by atoms with Gasteiger partial charge in [-0.2, -0.15) is 0 Å². The molecule has 1 amide bonds. The Hall–Kier alpha value is -1.29. The van der Waals surface area contributed by atoms with Gasteiger partial charge in [-0.15, -0.1) is 0 Å². The van der Waals surface area contributed by atoms with Gasteiger partial charge < -0.3 is 10.2 Å². The minimum absolute atomic E-state index is 0.0232. The van der Waals surface area contributed by atoms with Gasteiger partial charge in [0.15, 0.2) is 0 Å². The number of carbonyl (C=O) groups is 1. The standard InChI is InChI=1S/C12H14ClFN2O/c1-3-7(2)16-6-12(17)15-10-4-8(13)9(14)5-11(10)16/h4-5,7H,3,6H2,1-2H3,(H,15,17). The maximum Gasteiger partial charge on any atom is 0.243 e. The smallest absolute Gasteiger partial charge is 0.243 e. The number of anilines is 2. The highest BCUT2D eigenvalue weighted by atomic mass is 35.5. The van der Waals surface area contributed by atoms with Crippen LogP contribution in [0.5, 0.6) is 0 Å². The molecule has 0 bridgehead atoms. The lowest BCUT2D eigenvalue weighted by molar-refractivity contribution is -0.115. The quantitative estimate of drug-likeness (QED) is 0.882. The number of amides is 1. The average Bonchev–Trinajstić information content (AvgIpc) is 2.29. The van der Waals surface area contributed by atoms with Crippen LogP contribution in [-0.4, -0.2) is 18.5 Å². The second-order valence-electron chi connectivity index (χ2n) is 4.22. The van der Waals surface area contributed by atoms with E-state index in [-0.39, 0.29) is 23.5 Å². The molecule has 1 atom stereocenters. The molecule has 92 valence electrons. The van der Waals surface area contributed by atoms with Crippen molar-refractivity contribution in [3.05, 3.63) is 23.0 Å². The first-order valence-electron chi connectivity index (χ1n) is 5.58. The van der Waals surface area contributed by atoms with Crippen LogP contribution in [0, 0.1) is 5.82 Å². The first-order chi connectivity index (χ1) is 8.02. The van der Waals surface area contributed by atoms with Crippen LogP contribution in [0.3, 0.4) is 0 Å². The Balaban J connectivity index is 2.48. The van der Waals surface area contributed by atoms with Crippen molar-refractivity contribution in [2.24, 2.45) is 0 Å². The fourth-order valence-electron chi connectivity index (χ4n) is 1.92. The van der Waals surface area contributed by atoms with Crippen molar-refractivity contribution in [2.75, 3.05) is 16.8 Å². The summed E-state index contributed by atoms with van der Waals surface area (Å²) in [6, 6.07) is 3.02. The SMILES string of the molecule is CCC(C)N1CC(=O)Nc2cc(Cl)c(F)cc21. The van der Waals surface area contributed by atoms with E-state index in [1.54, 1.807) is 0 Å². The monoisotopic (exact) mass is 256 g/mol. The number of benzene rings is 1. The summed E-state index contributed by atoms with van der Waals surface area (Å²) in [5.74, 6) is -0.560. The molecule has 0 saturated heterocycles. The van der Waals surface area contributed by atoms with Crippen LogP contribution in [-0.2, 0) is 4.79 Å². The lowest BCUT2D eigenvalue weighted by atomic mass is 10.1. The summed E-state index contributed by atoms with van der Waals surface area (Å²) >= 11 is 5.71. The fraction of sp³-hybridized carbons (Fsp3) is 0.417. The second kappa shape index (κ2) is 4.53. The van der Waals surface area contributed by atoms with Gasteiger partial charge in [0, 0.05) is 12.1 Å². The van der Waals surface area contributed by atoms with Gasteiger partial charge in [-0.3, -0.25) is 4.79 Å². The molecule has 0 saturated carbocycles. The average molecular weight is 257 g/mol. The molecule has 1 unspecified atom stereocenters. The number of hydrogen-bond acceptors (Lipinski definition) is 2. The van der Waals surface area contributed by atoms with E-state index in [0.29, 0.717) is 11.4 Å². The maximum atomic E-state index is 13.5. The number of fused-ring (bicyclic) bond motifs is 1. The molecule has 1 aliphatic rings. The minimum atomic E-state index is -0.463. The summed E-state index contributed by atoms with van der Waals surface area (Å²) < 4.78 is 13.5. The minimum Gasteiger partial charge on any atom is -0.358 e. The van der Waals surface area contributed by atoms with Crippen LogP contribution >= 0.6 is 11.6 Å². The Kier molecular flexibility index (Phi) is 3.24. The van der Waals surface area contributed by atoms with Gasteiger partial charge in [0.1, 0.15) is 5.82 Å². The lowest BCUT2D eigenvalue weighted by Crippen LogP contribution is -2.43. The third-order valence-electron chi connectivity index (χ3n) is 3.06. The lowest BCUT2D eigenvalue weighted by Gasteiger charge is -2.35. The van der Waals surface area contributed by atoms with Gasteiger partial charge in [-0.1, -0.05) is 18.5 Å². The van der Waals surface area contributed by atoms with E-state index >= 15 is 0 Å². The second-order valence-corrected chi connectivity index (χ2v) is 4.62. The Morgan fingerprint density at radius 2 is 2.29 bits per heavy atom. The first-order valence-corrected chi connectivity index (χ1v) is 5.96. The molecule has 5 heteroatoms. The summed E-state index contributed by atoms with van der Waals surface area (Å²) in [4.78, 5) is 13.5. The van der Waals surface area contributed by atoms with E-state index < -0.39 is 5.82 Å². The van der Waals surface area contributed by atoms with Crippen molar-refractivity contribution >= 4 is 28.9 Å². The number of rotatable bonds is 2. The van der Waals surface area contributed by atoms with Gasteiger partial charge in [0.05, 0.1) is 22.9 Å². The highest BCUT2D eigenvalue weighted by molar-refractivity contribution is 6.31. The zero-order chi connectivity index (χ0) is 12.6. The maximum absolute atomic E-state index is 13.5. The predicted octanol–water partition coefficient (Wildman–Crippen LogP) is 3.04. The zero-order valence-electron chi connectivity index (χ0n) is 9.76. The Labute approximate surface area is 105 Å². The molecule has 1 aromatic carbocycles. The van der Waals surface area contributed by atoms with E-state index in [1.807, 2.05) is 18.7 Å². The molecule has 0 spiro atoms. The van der Waals surface area contributed by atoms with Crippen molar-refractivity contribution in [3.63, 3.8) is 0 Å². The van der Waals surface area contributed by atoms with Gasteiger partial charge in [-0.25, -0.2) is 4.39 Å². The number of halogens is 2. The van der Waals surface area contributed by atoms with Gasteiger partial charge in [0.2, 0.25) is 5.91 Å². The van der Waals surface area contributed by atoms with E-state index in [9.17, 15) is 9.18 Å².